The molecule has 0 saturated carbocycles. The molecule has 2 aromatic carbocycles. The average molecular weight is 346 g/mol. The van der Waals surface area contributed by atoms with Crippen molar-refractivity contribution in [3.63, 3.8) is 0 Å². The number of nitrogens with one attached hydrogen (secondary N) is 1. The first kappa shape index (κ1) is 12.1. The predicted octanol–water partition coefficient (Wildman–Crippen LogP) is 3.90. The molecule has 0 aliphatic rings. The van der Waals surface area contributed by atoms with Gasteiger partial charge in [0.25, 0.3) is 0 Å². The molecule has 0 spiro atoms. The van der Waals surface area contributed by atoms with Crippen LogP contribution in [0.1, 0.15) is 0 Å². The fourth-order valence-electron chi connectivity index (χ4n) is 1.37. The third kappa shape index (κ3) is 2.85. The molecule has 17 heavy (non-hydrogen) atoms. The average Bonchev–Trinajstić information content (AvgIpc) is 2.27. The van der Waals surface area contributed by atoms with Crippen LogP contribution in [0, 0.1) is 15.2 Å². The van der Waals surface area contributed by atoms with Crippen molar-refractivity contribution in [2.45, 2.75) is 0 Å². The van der Waals surface area contributed by atoms with Gasteiger partial charge in [-0.25, -0.2) is 8.78 Å². The normalized spacial score (nSPS) is 10.3. The van der Waals surface area contributed by atoms with Crippen molar-refractivity contribution in [1.29, 1.82) is 0 Å². The summed E-state index contributed by atoms with van der Waals surface area (Å²) in [5, 5.41) is 2.97. The lowest BCUT2D eigenvalue weighted by atomic mass is 10.2. The Morgan fingerprint density at radius 3 is 2.29 bits per heavy atom. The summed E-state index contributed by atoms with van der Waals surface area (Å²) < 4.78 is 26.7. The Morgan fingerprint density at radius 2 is 1.59 bits per heavy atom. The van der Waals surface area contributed by atoms with Crippen LogP contribution in [0.5, 0.6) is 0 Å². The minimum absolute atomic E-state index is 0.313. The first-order valence-corrected chi connectivity index (χ1v) is 5.91. The molecular weight excluding hydrogens is 337 g/mol. The van der Waals surface area contributed by atoms with Crippen LogP contribution in [0.4, 0.5) is 25.8 Å². The molecule has 0 radical (unpaired) electrons. The second-order valence-corrected chi connectivity index (χ2v) is 4.64. The number of nitrogen functional groups attached to an aromatic ring is 1. The molecule has 5 heteroatoms. The summed E-state index contributed by atoms with van der Waals surface area (Å²) in [5.74, 6) is -0.689. The minimum Gasteiger partial charge on any atom is -0.397 e. The van der Waals surface area contributed by atoms with Crippen molar-refractivity contribution in [3.05, 3.63) is 51.6 Å². The number of anilines is 3. The van der Waals surface area contributed by atoms with Gasteiger partial charge in [-0.2, -0.15) is 0 Å². The molecule has 0 atom stereocenters. The first-order chi connectivity index (χ1) is 8.06. The van der Waals surface area contributed by atoms with Crippen molar-refractivity contribution in [2.75, 3.05) is 11.1 Å². The second kappa shape index (κ2) is 4.87. The number of hydrogen-bond donors (Lipinski definition) is 2. The van der Waals surface area contributed by atoms with Crippen molar-refractivity contribution < 1.29 is 8.78 Å². The minimum atomic E-state index is -0.376. The van der Waals surface area contributed by atoms with Crippen LogP contribution in [-0.4, -0.2) is 0 Å². The van der Waals surface area contributed by atoms with Gasteiger partial charge in [0, 0.05) is 3.57 Å². The van der Waals surface area contributed by atoms with Crippen LogP contribution in [0.2, 0.25) is 0 Å². The number of halogens is 3. The highest BCUT2D eigenvalue weighted by molar-refractivity contribution is 14.1. The lowest BCUT2D eigenvalue weighted by molar-refractivity contribution is 0.626. The Hall–Kier alpha value is -1.37. The summed E-state index contributed by atoms with van der Waals surface area (Å²) in [4.78, 5) is 0. The molecule has 0 saturated heterocycles. The lowest BCUT2D eigenvalue weighted by Crippen LogP contribution is -1.98. The molecular formula is C12H9F2IN2. The molecule has 2 rings (SSSR count). The Labute approximate surface area is 111 Å². The van der Waals surface area contributed by atoms with Gasteiger partial charge in [0.1, 0.15) is 11.6 Å². The highest BCUT2D eigenvalue weighted by Gasteiger charge is 2.05. The third-order valence-corrected chi connectivity index (χ3v) is 3.11. The van der Waals surface area contributed by atoms with Gasteiger partial charge in [-0.3, -0.25) is 0 Å². The maximum atomic E-state index is 13.1. The quantitative estimate of drug-likeness (QED) is 0.640. The monoisotopic (exact) mass is 346 g/mol. The Kier molecular flexibility index (Phi) is 3.46. The van der Waals surface area contributed by atoms with Crippen LogP contribution in [0.3, 0.4) is 0 Å². The number of hydrogen-bond acceptors (Lipinski definition) is 2. The van der Waals surface area contributed by atoms with Gasteiger partial charge in [0.15, 0.2) is 0 Å². The van der Waals surface area contributed by atoms with E-state index >= 15 is 0 Å². The maximum absolute atomic E-state index is 13.1. The number of rotatable bonds is 2. The Morgan fingerprint density at radius 1 is 0.941 bits per heavy atom. The van der Waals surface area contributed by atoms with Gasteiger partial charge < -0.3 is 11.1 Å². The van der Waals surface area contributed by atoms with E-state index in [1.165, 1.54) is 30.3 Å². The van der Waals surface area contributed by atoms with Crippen molar-refractivity contribution >= 4 is 39.7 Å². The molecule has 0 heterocycles. The van der Waals surface area contributed by atoms with E-state index in [-0.39, 0.29) is 11.6 Å². The summed E-state index contributed by atoms with van der Waals surface area (Å²) in [5.41, 5.74) is 7.30. The van der Waals surface area contributed by atoms with E-state index in [9.17, 15) is 8.78 Å². The molecule has 2 aromatic rings. The lowest BCUT2D eigenvalue weighted by Gasteiger charge is -2.11. The molecule has 0 bridgehead atoms. The molecule has 0 amide bonds. The van der Waals surface area contributed by atoms with Crippen LogP contribution < -0.4 is 11.1 Å². The second-order valence-electron chi connectivity index (χ2n) is 3.48. The molecule has 88 valence electrons. The van der Waals surface area contributed by atoms with Crippen LogP contribution >= 0.6 is 22.6 Å². The molecule has 3 N–H and O–H groups in total. The SMILES string of the molecule is Nc1ccc(F)cc1Nc1ccc(F)cc1I. The largest absolute Gasteiger partial charge is 0.397 e. The fourth-order valence-corrected chi connectivity index (χ4v) is 1.98. The topological polar surface area (TPSA) is 38.0 Å². The number of benzene rings is 2. The summed E-state index contributed by atoms with van der Waals surface area (Å²) in [6.45, 7) is 0. The van der Waals surface area contributed by atoms with E-state index in [0.29, 0.717) is 20.6 Å². The Bertz CT molecular complexity index is 558. The molecule has 0 unspecified atom stereocenters. The van der Waals surface area contributed by atoms with Gasteiger partial charge >= 0.3 is 0 Å². The van der Waals surface area contributed by atoms with E-state index in [4.69, 9.17) is 5.73 Å². The molecule has 0 aromatic heterocycles. The van der Waals surface area contributed by atoms with E-state index in [2.05, 4.69) is 5.32 Å². The van der Waals surface area contributed by atoms with Crippen molar-refractivity contribution in [2.24, 2.45) is 0 Å². The highest BCUT2D eigenvalue weighted by atomic mass is 127. The fraction of sp³-hybridized carbons (Fsp3) is 0. The van der Waals surface area contributed by atoms with Gasteiger partial charge in [-0.1, -0.05) is 0 Å². The van der Waals surface area contributed by atoms with Gasteiger partial charge in [0.05, 0.1) is 17.1 Å². The predicted molar refractivity (Wildman–Crippen MR) is 73.2 cm³/mol. The molecule has 0 fully saturated rings. The van der Waals surface area contributed by atoms with E-state index in [1.54, 1.807) is 6.07 Å². The van der Waals surface area contributed by atoms with Crippen LogP contribution in [0.15, 0.2) is 36.4 Å². The van der Waals surface area contributed by atoms with Gasteiger partial charge in [-0.05, 0) is 59.0 Å². The van der Waals surface area contributed by atoms with Crippen LogP contribution in [0.25, 0.3) is 0 Å². The standard InChI is InChI=1S/C12H9F2IN2/c13-7-2-4-11(9(15)5-7)17-12-6-8(14)1-3-10(12)16/h1-6,17H,16H2. The zero-order chi connectivity index (χ0) is 12.4. The maximum Gasteiger partial charge on any atom is 0.125 e. The number of nitrogens with two attached hydrogens (primary N) is 1. The summed E-state index contributed by atoms with van der Waals surface area (Å²) in [7, 11) is 0. The third-order valence-electron chi connectivity index (χ3n) is 2.22. The van der Waals surface area contributed by atoms with E-state index < -0.39 is 0 Å². The van der Waals surface area contributed by atoms with E-state index in [0.717, 1.165) is 0 Å². The van der Waals surface area contributed by atoms with Crippen molar-refractivity contribution in [3.8, 4) is 0 Å². The van der Waals surface area contributed by atoms with Gasteiger partial charge in [-0.15, -0.1) is 0 Å². The van der Waals surface area contributed by atoms with Crippen LogP contribution in [-0.2, 0) is 0 Å². The zero-order valence-electron chi connectivity index (χ0n) is 8.68. The molecule has 2 nitrogen and oxygen atoms in total. The van der Waals surface area contributed by atoms with E-state index in [1.807, 2.05) is 22.6 Å². The summed E-state index contributed by atoms with van der Waals surface area (Å²) >= 11 is 2.00. The molecule has 0 aliphatic carbocycles. The van der Waals surface area contributed by atoms with Crippen molar-refractivity contribution in [1.82, 2.24) is 0 Å². The summed E-state index contributed by atoms with van der Waals surface area (Å²) in [6.07, 6.45) is 0. The molecule has 0 aliphatic heterocycles. The highest BCUT2D eigenvalue weighted by Crippen LogP contribution is 2.27. The summed E-state index contributed by atoms with van der Waals surface area (Å²) in [6, 6.07) is 8.37. The Balaban J connectivity index is 2.34. The first-order valence-electron chi connectivity index (χ1n) is 4.83. The zero-order valence-corrected chi connectivity index (χ0v) is 10.8. The van der Waals surface area contributed by atoms with Gasteiger partial charge in [0.2, 0.25) is 0 Å². The smallest absolute Gasteiger partial charge is 0.125 e.